The van der Waals surface area contributed by atoms with E-state index in [9.17, 15) is 4.79 Å². The number of fused-ring (bicyclic) bond motifs is 1. The summed E-state index contributed by atoms with van der Waals surface area (Å²) in [4.78, 5) is 20.9. The number of nitrogens with one attached hydrogen (secondary N) is 1. The van der Waals surface area contributed by atoms with Gasteiger partial charge in [0.25, 0.3) is 5.91 Å². The van der Waals surface area contributed by atoms with Crippen LogP contribution in [0.1, 0.15) is 10.4 Å². The maximum atomic E-state index is 12.4. The Balaban J connectivity index is 1.61. The number of benzene rings is 2. The number of carbonyl (C=O) groups excluding carboxylic acids is 1. The second-order valence-corrected chi connectivity index (χ2v) is 6.32. The van der Waals surface area contributed by atoms with Crippen LogP contribution in [0, 0.1) is 0 Å². The summed E-state index contributed by atoms with van der Waals surface area (Å²) in [6.07, 6.45) is 1.66. The van der Waals surface area contributed by atoms with E-state index in [2.05, 4.69) is 15.3 Å². The summed E-state index contributed by atoms with van der Waals surface area (Å²) in [5.74, 6) is 0.143. The van der Waals surface area contributed by atoms with Gasteiger partial charge in [0.15, 0.2) is 11.2 Å². The minimum atomic E-state index is -0.292. The number of halogens is 2. The molecule has 1 amide bonds. The first-order valence-electron chi connectivity index (χ1n) is 7.68. The summed E-state index contributed by atoms with van der Waals surface area (Å²) in [6.45, 7) is 0. The van der Waals surface area contributed by atoms with Crippen LogP contribution in [0.25, 0.3) is 22.7 Å². The van der Waals surface area contributed by atoms with Crippen LogP contribution in [0.2, 0.25) is 10.0 Å². The van der Waals surface area contributed by atoms with Crippen LogP contribution in [0.15, 0.2) is 65.2 Å². The van der Waals surface area contributed by atoms with Crippen molar-refractivity contribution >= 4 is 46.0 Å². The topological polar surface area (TPSA) is 68.0 Å². The molecule has 2 aromatic heterocycles. The molecule has 0 saturated heterocycles. The second kappa shape index (κ2) is 6.78. The smallest absolute Gasteiger partial charge is 0.255 e. The minimum absolute atomic E-state index is 0.292. The number of carbonyl (C=O) groups is 1. The lowest BCUT2D eigenvalue weighted by molar-refractivity contribution is 0.102. The number of pyridine rings is 1. The monoisotopic (exact) mass is 383 g/mol. The van der Waals surface area contributed by atoms with Gasteiger partial charge in [-0.25, -0.2) is 4.98 Å². The molecule has 0 saturated carbocycles. The van der Waals surface area contributed by atoms with Crippen LogP contribution in [0.3, 0.4) is 0 Å². The summed E-state index contributed by atoms with van der Waals surface area (Å²) in [5.41, 5.74) is 2.89. The van der Waals surface area contributed by atoms with Gasteiger partial charge >= 0.3 is 0 Å². The highest BCUT2D eigenvalue weighted by molar-refractivity contribution is 6.42. The summed E-state index contributed by atoms with van der Waals surface area (Å²) < 4.78 is 5.71. The largest absolute Gasteiger partial charge is 0.434 e. The maximum absolute atomic E-state index is 12.4. The quantitative estimate of drug-likeness (QED) is 0.510. The zero-order chi connectivity index (χ0) is 18.1. The van der Waals surface area contributed by atoms with Crippen LogP contribution < -0.4 is 5.32 Å². The van der Waals surface area contributed by atoms with Gasteiger partial charge in [-0.05, 0) is 48.5 Å². The SMILES string of the molecule is O=C(Nc1cccc(-c2nc3ncccc3o2)c1)c1ccc(Cl)c(Cl)c1. The van der Waals surface area contributed by atoms with Gasteiger partial charge < -0.3 is 9.73 Å². The zero-order valence-corrected chi connectivity index (χ0v) is 14.8. The van der Waals surface area contributed by atoms with Gasteiger partial charge in [0, 0.05) is 23.0 Å². The Morgan fingerprint density at radius 3 is 2.69 bits per heavy atom. The van der Waals surface area contributed by atoms with Crippen molar-refractivity contribution in [3.05, 3.63) is 76.4 Å². The van der Waals surface area contributed by atoms with Crippen LogP contribution >= 0.6 is 23.2 Å². The number of hydrogen-bond acceptors (Lipinski definition) is 4. The molecule has 0 spiro atoms. The van der Waals surface area contributed by atoms with Gasteiger partial charge in [0.2, 0.25) is 5.89 Å². The van der Waals surface area contributed by atoms with E-state index >= 15 is 0 Å². The maximum Gasteiger partial charge on any atom is 0.255 e. The Kier molecular flexibility index (Phi) is 4.32. The fourth-order valence-corrected chi connectivity index (χ4v) is 2.76. The first-order valence-corrected chi connectivity index (χ1v) is 8.44. The van der Waals surface area contributed by atoms with Crippen LogP contribution in [-0.4, -0.2) is 15.9 Å². The molecule has 7 heteroatoms. The van der Waals surface area contributed by atoms with Crippen LogP contribution in [0.5, 0.6) is 0 Å². The normalized spacial score (nSPS) is 10.8. The molecule has 4 aromatic rings. The lowest BCUT2D eigenvalue weighted by atomic mass is 10.1. The van der Waals surface area contributed by atoms with E-state index in [1.54, 1.807) is 42.6 Å². The summed E-state index contributed by atoms with van der Waals surface area (Å²) >= 11 is 11.8. The van der Waals surface area contributed by atoms with E-state index in [-0.39, 0.29) is 5.91 Å². The third-order valence-corrected chi connectivity index (χ3v) is 4.45. The van der Waals surface area contributed by atoms with Gasteiger partial charge in [0.1, 0.15) is 0 Å². The Hall–Kier alpha value is -2.89. The number of anilines is 1. The highest BCUT2D eigenvalue weighted by Gasteiger charge is 2.12. The molecular formula is C19H11Cl2N3O2. The highest BCUT2D eigenvalue weighted by Crippen LogP contribution is 2.26. The molecule has 0 aliphatic heterocycles. The Labute approximate surface area is 158 Å². The van der Waals surface area contributed by atoms with Crippen molar-refractivity contribution in [2.24, 2.45) is 0 Å². The number of hydrogen-bond donors (Lipinski definition) is 1. The number of amides is 1. The average Bonchev–Trinajstić information content (AvgIpc) is 3.08. The molecule has 5 nitrogen and oxygen atoms in total. The van der Waals surface area contributed by atoms with Crippen molar-refractivity contribution < 1.29 is 9.21 Å². The highest BCUT2D eigenvalue weighted by atomic mass is 35.5. The summed E-state index contributed by atoms with van der Waals surface area (Å²) in [6, 6.07) is 15.5. The minimum Gasteiger partial charge on any atom is -0.434 e. The van der Waals surface area contributed by atoms with Crippen molar-refractivity contribution in [2.75, 3.05) is 5.32 Å². The molecular weight excluding hydrogens is 373 g/mol. The summed E-state index contributed by atoms with van der Waals surface area (Å²) in [5, 5.41) is 3.55. The Morgan fingerprint density at radius 2 is 1.88 bits per heavy atom. The Morgan fingerprint density at radius 1 is 1.00 bits per heavy atom. The van der Waals surface area contributed by atoms with E-state index in [4.69, 9.17) is 27.6 Å². The molecule has 1 N–H and O–H groups in total. The van der Waals surface area contributed by atoms with Crippen molar-refractivity contribution in [2.45, 2.75) is 0 Å². The predicted octanol–water partition coefficient (Wildman–Crippen LogP) is 5.45. The van der Waals surface area contributed by atoms with Crippen molar-refractivity contribution in [1.29, 1.82) is 0 Å². The molecule has 0 fully saturated rings. The molecule has 2 heterocycles. The fraction of sp³-hybridized carbons (Fsp3) is 0. The van der Waals surface area contributed by atoms with E-state index in [1.165, 1.54) is 6.07 Å². The van der Waals surface area contributed by atoms with E-state index in [0.717, 1.165) is 5.56 Å². The van der Waals surface area contributed by atoms with Crippen molar-refractivity contribution in [1.82, 2.24) is 9.97 Å². The van der Waals surface area contributed by atoms with Crippen LogP contribution in [0.4, 0.5) is 5.69 Å². The molecule has 128 valence electrons. The van der Waals surface area contributed by atoms with Crippen molar-refractivity contribution in [3.63, 3.8) is 0 Å². The van der Waals surface area contributed by atoms with E-state index in [1.807, 2.05) is 12.1 Å². The standard InChI is InChI=1S/C19H11Cl2N3O2/c20-14-7-6-11(10-15(14)21)18(25)23-13-4-1-3-12(9-13)19-24-17-16(26-19)5-2-8-22-17/h1-10H,(H,23,25). The number of aromatic nitrogens is 2. The van der Waals surface area contributed by atoms with Gasteiger partial charge in [0.05, 0.1) is 10.0 Å². The zero-order valence-electron chi connectivity index (χ0n) is 13.2. The van der Waals surface area contributed by atoms with Gasteiger partial charge in [-0.2, -0.15) is 4.98 Å². The molecule has 4 rings (SSSR count). The second-order valence-electron chi connectivity index (χ2n) is 5.51. The average molecular weight is 384 g/mol. The van der Waals surface area contributed by atoms with E-state index < -0.39 is 0 Å². The molecule has 0 bridgehead atoms. The third-order valence-electron chi connectivity index (χ3n) is 3.71. The predicted molar refractivity (Wildman–Crippen MR) is 102 cm³/mol. The molecule has 26 heavy (non-hydrogen) atoms. The molecule has 0 aliphatic rings. The molecule has 0 unspecified atom stereocenters. The molecule has 0 radical (unpaired) electrons. The summed E-state index contributed by atoms with van der Waals surface area (Å²) in [7, 11) is 0. The third kappa shape index (κ3) is 3.27. The van der Waals surface area contributed by atoms with Gasteiger partial charge in [-0.15, -0.1) is 0 Å². The first-order chi connectivity index (χ1) is 12.6. The lowest BCUT2D eigenvalue weighted by Gasteiger charge is -2.07. The number of oxazole rings is 1. The first kappa shape index (κ1) is 16.6. The van der Waals surface area contributed by atoms with Crippen molar-refractivity contribution in [3.8, 4) is 11.5 Å². The number of nitrogens with zero attached hydrogens (tertiary/aromatic N) is 2. The molecule has 0 aliphatic carbocycles. The fourth-order valence-electron chi connectivity index (χ4n) is 2.46. The van der Waals surface area contributed by atoms with Gasteiger partial charge in [-0.3, -0.25) is 4.79 Å². The van der Waals surface area contributed by atoms with Gasteiger partial charge in [-0.1, -0.05) is 29.3 Å². The lowest BCUT2D eigenvalue weighted by Crippen LogP contribution is -2.11. The Bertz CT molecular complexity index is 1090. The molecule has 2 aromatic carbocycles. The molecule has 0 atom stereocenters. The van der Waals surface area contributed by atoms with E-state index in [0.29, 0.717) is 38.4 Å². The number of rotatable bonds is 3. The van der Waals surface area contributed by atoms with Crippen LogP contribution in [-0.2, 0) is 0 Å².